The standard InChI is InChI=1S/C23H22ClN3O3S2/c24-21-16-19(10-11-22(21)27-12-14-31-15-13-27)25-23(28)17-6-8-18(9-7-17)26-32(29,30)20-4-2-1-3-5-20/h1-11,16,26H,12-15H2,(H,25,28). The van der Waals surface area contributed by atoms with Gasteiger partial charge in [0.1, 0.15) is 0 Å². The van der Waals surface area contributed by atoms with Crippen molar-refractivity contribution in [3.05, 3.63) is 83.4 Å². The van der Waals surface area contributed by atoms with Crippen LogP contribution in [0.3, 0.4) is 0 Å². The van der Waals surface area contributed by atoms with E-state index in [1.54, 1.807) is 48.5 Å². The molecule has 166 valence electrons. The number of benzene rings is 3. The second kappa shape index (κ2) is 9.85. The number of nitrogens with zero attached hydrogens (tertiary/aromatic N) is 1. The van der Waals surface area contributed by atoms with E-state index < -0.39 is 10.0 Å². The van der Waals surface area contributed by atoms with Crippen molar-refractivity contribution < 1.29 is 13.2 Å². The number of nitrogens with one attached hydrogen (secondary N) is 2. The van der Waals surface area contributed by atoms with E-state index in [0.29, 0.717) is 22.0 Å². The van der Waals surface area contributed by atoms with Gasteiger partial charge in [-0.1, -0.05) is 29.8 Å². The van der Waals surface area contributed by atoms with Crippen LogP contribution in [0.25, 0.3) is 0 Å². The Hall–Kier alpha value is -2.68. The fourth-order valence-corrected chi connectivity index (χ4v) is 5.63. The monoisotopic (exact) mass is 487 g/mol. The van der Waals surface area contributed by atoms with Gasteiger partial charge in [-0.15, -0.1) is 0 Å². The number of thioether (sulfide) groups is 1. The van der Waals surface area contributed by atoms with Crippen molar-refractivity contribution in [1.82, 2.24) is 0 Å². The third kappa shape index (κ3) is 5.38. The van der Waals surface area contributed by atoms with Crippen molar-refractivity contribution in [2.75, 3.05) is 39.5 Å². The molecule has 2 N–H and O–H groups in total. The molecule has 4 rings (SSSR count). The Labute approximate surface area is 197 Å². The third-order valence-electron chi connectivity index (χ3n) is 5.01. The number of carbonyl (C=O) groups excluding carboxylic acids is 1. The molecule has 1 aliphatic rings. The molecule has 1 heterocycles. The first-order valence-corrected chi connectivity index (χ1v) is 13.1. The van der Waals surface area contributed by atoms with Crippen molar-refractivity contribution in [2.45, 2.75) is 4.90 Å². The van der Waals surface area contributed by atoms with Crippen LogP contribution in [-0.4, -0.2) is 38.9 Å². The summed E-state index contributed by atoms with van der Waals surface area (Å²) < 4.78 is 27.4. The zero-order valence-corrected chi connectivity index (χ0v) is 19.5. The minimum atomic E-state index is -3.68. The first-order chi connectivity index (χ1) is 15.4. The minimum Gasteiger partial charge on any atom is -0.369 e. The average Bonchev–Trinajstić information content (AvgIpc) is 2.80. The Morgan fingerprint density at radius 1 is 0.906 bits per heavy atom. The second-order valence-corrected chi connectivity index (χ2v) is 10.5. The molecule has 0 spiro atoms. The molecule has 3 aromatic rings. The second-order valence-electron chi connectivity index (χ2n) is 7.22. The van der Waals surface area contributed by atoms with Crippen molar-refractivity contribution in [3.63, 3.8) is 0 Å². The van der Waals surface area contributed by atoms with Crippen LogP contribution in [-0.2, 0) is 10.0 Å². The van der Waals surface area contributed by atoms with Gasteiger partial charge in [0.2, 0.25) is 0 Å². The summed E-state index contributed by atoms with van der Waals surface area (Å²) >= 11 is 8.39. The summed E-state index contributed by atoms with van der Waals surface area (Å²) in [6.45, 7) is 1.91. The predicted molar refractivity (Wildman–Crippen MR) is 133 cm³/mol. The SMILES string of the molecule is O=C(Nc1ccc(N2CCSCC2)c(Cl)c1)c1ccc(NS(=O)(=O)c2ccccc2)cc1. The molecule has 1 amide bonds. The van der Waals surface area contributed by atoms with E-state index in [4.69, 9.17) is 11.6 Å². The van der Waals surface area contributed by atoms with Crippen LogP contribution in [0.4, 0.5) is 17.1 Å². The minimum absolute atomic E-state index is 0.172. The number of amides is 1. The normalized spacial score (nSPS) is 14.1. The number of halogens is 1. The van der Waals surface area contributed by atoms with Crippen molar-refractivity contribution >= 4 is 56.4 Å². The highest BCUT2D eigenvalue weighted by Gasteiger charge is 2.16. The lowest BCUT2D eigenvalue weighted by Gasteiger charge is -2.29. The molecule has 1 fully saturated rings. The van der Waals surface area contributed by atoms with Gasteiger partial charge in [-0.2, -0.15) is 11.8 Å². The zero-order chi connectivity index (χ0) is 22.6. The van der Waals surface area contributed by atoms with Gasteiger partial charge in [0.15, 0.2) is 0 Å². The van der Waals surface area contributed by atoms with Crippen LogP contribution >= 0.6 is 23.4 Å². The van der Waals surface area contributed by atoms with Crippen molar-refractivity contribution in [2.24, 2.45) is 0 Å². The zero-order valence-electron chi connectivity index (χ0n) is 17.1. The van der Waals surface area contributed by atoms with E-state index in [2.05, 4.69) is 14.9 Å². The van der Waals surface area contributed by atoms with Gasteiger partial charge in [-0.3, -0.25) is 9.52 Å². The van der Waals surface area contributed by atoms with Gasteiger partial charge in [-0.05, 0) is 54.6 Å². The number of hydrogen-bond donors (Lipinski definition) is 2. The van der Waals surface area contributed by atoms with Gasteiger partial charge in [0, 0.05) is 41.5 Å². The number of anilines is 3. The maximum atomic E-state index is 12.6. The van der Waals surface area contributed by atoms with Crippen LogP contribution in [0.1, 0.15) is 10.4 Å². The third-order valence-corrected chi connectivity index (χ3v) is 7.65. The summed E-state index contributed by atoms with van der Waals surface area (Å²) in [5.41, 5.74) is 2.35. The summed E-state index contributed by atoms with van der Waals surface area (Å²) in [6.07, 6.45) is 0. The smallest absolute Gasteiger partial charge is 0.261 e. The Balaban J connectivity index is 1.41. The van der Waals surface area contributed by atoms with Crippen molar-refractivity contribution in [1.29, 1.82) is 0 Å². The Kier molecular flexibility index (Phi) is 6.93. The predicted octanol–water partition coefficient (Wildman–Crippen LogP) is 4.95. The van der Waals surface area contributed by atoms with Gasteiger partial charge >= 0.3 is 0 Å². The molecule has 1 aliphatic heterocycles. The van der Waals surface area contributed by atoms with Gasteiger partial charge in [-0.25, -0.2) is 8.42 Å². The molecule has 0 saturated carbocycles. The van der Waals surface area contributed by atoms with Gasteiger partial charge in [0.05, 0.1) is 15.6 Å². The Bertz CT molecular complexity index is 1200. The highest BCUT2D eigenvalue weighted by Crippen LogP contribution is 2.30. The van der Waals surface area contributed by atoms with E-state index in [9.17, 15) is 13.2 Å². The molecule has 1 saturated heterocycles. The van der Waals surface area contributed by atoms with Crippen LogP contribution < -0.4 is 14.9 Å². The number of rotatable bonds is 6. The topological polar surface area (TPSA) is 78.5 Å². The largest absolute Gasteiger partial charge is 0.369 e. The van der Waals surface area contributed by atoms with E-state index in [0.717, 1.165) is 30.3 Å². The summed E-state index contributed by atoms with van der Waals surface area (Å²) in [6, 6.07) is 19.9. The quantitative estimate of drug-likeness (QED) is 0.514. The lowest BCUT2D eigenvalue weighted by molar-refractivity contribution is 0.102. The molecule has 9 heteroatoms. The molecule has 0 radical (unpaired) electrons. The highest BCUT2D eigenvalue weighted by molar-refractivity contribution is 7.99. The molecule has 6 nitrogen and oxygen atoms in total. The lowest BCUT2D eigenvalue weighted by atomic mass is 10.2. The number of sulfonamides is 1. The maximum Gasteiger partial charge on any atom is 0.261 e. The fourth-order valence-electron chi connectivity index (χ4n) is 3.35. The highest BCUT2D eigenvalue weighted by atomic mass is 35.5. The van der Waals surface area contributed by atoms with Gasteiger partial charge in [0.25, 0.3) is 15.9 Å². The average molecular weight is 488 g/mol. The van der Waals surface area contributed by atoms with E-state index in [-0.39, 0.29) is 10.8 Å². The van der Waals surface area contributed by atoms with Crippen molar-refractivity contribution in [3.8, 4) is 0 Å². The first kappa shape index (κ1) is 22.5. The first-order valence-electron chi connectivity index (χ1n) is 10.0. The molecular weight excluding hydrogens is 466 g/mol. The molecular formula is C23H22ClN3O3S2. The molecule has 0 unspecified atom stereocenters. The van der Waals surface area contributed by atoms with Crippen LogP contribution in [0.2, 0.25) is 5.02 Å². The molecule has 0 aromatic heterocycles. The number of carbonyl (C=O) groups is 1. The van der Waals surface area contributed by atoms with Crippen LogP contribution in [0.15, 0.2) is 77.7 Å². The Morgan fingerprint density at radius 2 is 1.56 bits per heavy atom. The summed E-state index contributed by atoms with van der Waals surface area (Å²) in [7, 11) is -3.68. The van der Waals surface area contributed by atoms with Gasteiger partial charge < -0.3 is 10.2 Å². The summed E-state index contributed by atoms with van der Waals surface area (Å²) in [5, 5.41) is 3.44. The molecule has 0 bridgehead atoms. The molecule has 3 aromatic carbocycles. The van der Waals surface area contributed by atoms with Crippen LogP contribution in [0, 0.1) is 0 Å². The summed E-state index contributed by atoms with van der Waals surface area (Å²) in [5.74, 6) is 1.85. The van der Waals surface area contributed by atoms with E-state index >= 15 is 0 Å². The fraction of sp³-hybridized carbons (Fsp3) is 0.174. The molecule has 0 aliphatic carbocycles. The van der Waals surface area contributed by atoms with Crippen LogP contribution in [0.5, 0.6) is 0 Å². The maximum absolute atomic E-state index is 12.6. The van der Waals surface area contributed by atoms with E-state index in [1.807, 2.05) is 23.9 Å². The van der Waals surface area contributed by atoms with E-state index in [1.165, 1.54) is 12.1 Å². The lowest BCUT2D eigenvalue weighted by Crippen LogP contribution is -2.32. The Morgan fingerprint density at radius 3 is 2.22 bits per heavy atom. The molecule has 0 atom stereocenters. The summed E-state index contributed by atoms with van der Waals surface area (Å²) in [4.78, 5) is 15.0. The molecule has 32 heavy (non-hydrogen) atoms. The number of hydrogen-bond acceptors (Lipinski definition) is 5.